The number of anilines is 1. The topological polar surface area (TPSA) is 59.1 Å². The molecule has 1 amide bonds. The van der Waals surface area contributed by atoms with Crippen LogP contribution in [0.5, 0.6) is 0 Å². The van der Waals surface area contributed by atoms with E-state index in [9.17, 15) is 9.59 Å². The predicted octanol–water partition coefficient (Wildman–Crippen LogP) is 4.88. The molecule has 3 aromatic rings. The van der Waals surface area contributed by atoms with Crippen LogP contribution in [0, 0.1) is 0 Å². The molecule has 0 aliphatic carbocycles. The summed E-state index contributed by atoms with van der Waals surface area (Å²) >= 11 is 8.85. The predicted molar refractivity (Wildman–Crippen MR) is 100 cm³/mol. The number of ketones is 1. The van der Waals surface area contributed by atoms with Gasteiger partial charge in [-0.3, -0.25) is 9.59 Å². The summed E-state index contributed by atoms with van der Waals surface area (Å²) in [5.74, 6) is 0.319. The molecule has 0 unspecified atom stereocenters. The second kappa shape index (κ2) is 7.34. The standard InChI is InChI=1S/C17H13ClN2O2S2/c1-10(21)9-23-17-20-14-6-5-13(8-15(14)24-17)19-16(22)11-3-2-4-12(18)7-11/h2-8H,9H2,1H3,(H,19,22). The van der Waals surface area contributed by atoms with Crippen LogP contribution in [0.25, 0.3) is 10.2 Å². The molecule has 1 aromatic heterocycles. The van der Waals surface area contributed by atoms with Crippen LogP contribution in [-0.4, -0.2) is 22.4 Å². The third kappa shape index (κ3) is 4.14. The molecule has 7 heteroatoms. The van der Waals surface area contributed by atoms with Crippen molar-refractivity contribution in [3.05, 3.63) is 53.1 Å². The zero-order valence-electron chi connectivity index (χ0n) is 12.7. The molecule has 2 aromatic carbocycles. The molecule has 4 nitrogen and oxygen atoms in total. The maximum atomic E-state index is 12.3. The molecule has 0 spiro atoms. The highest BCUT2D eigenvalue weighted by Crippen LogP contribution is 2.31. The van der Waals surface area contributed by atoms with Crippen molar-refractivity contribution < 1.29 is 9.59 Å². The number of fused-ring (bicyclic) bond motifs is 1. The maximum absolute atomic E-state index is 12.3. The van der Waals surface area contributed by atoms with Crippen LogP contribution in [0.15, 0.2) is 46.8 Å². The molecule has 3 rings (SSSR count). The van der Waals surface area contributed by atoms with Gasteiger partial charge in [-0.15, -0.1) is 11.3 Å². The summed E-state index contributed by atoms with van der Waals surface area (Å²) in [6, 6.07) is 12.3. The minimum Gasteiger partial charge on any atom is -0.322 e. The number of thiazole rings is 1. The number of carbonyl (C=O) groups is 2. The summed E-state index contributed by atoms with van der Waals surface area (Å²) in [7, 11) is 0. The lowest BCUT2D eigenvalue weighted by Gasteiger charge is -2.05. The first-order chi connectivity index (χ1) is 11.5. The molecular formula is C17H13ClN2O2S2. The van der Waals surface area contributed by atoms with Crippen LogP contribution in [0.4, 0.5) is 5.69 Å². The van der Waals surface area contributed by atoms with Crippen LogP contribution < -0.4 is 5.32 Å². The van der Waals surface area contributed by atoms with E-state index in [0.717, 1.165) is 14.6 Å². The van der Waals surface area contributed by atoms with Crippen LogP contribution in [0.1, 0.15) is 17.3 Å². The fourth-order valence-electron chi connectivity index (χ4n) is 2.04. The number of nitrogens with zero attached hydrogens (tertiary/aromatic N) is 1. The number of thioether (sulfide) groups is 1. The van der Waals surface area contributed by atoms with Crippen LogP contribution >= 0.6 is 34.7 Å². The summed E-state index contributed by atoms with van der Waals surface area (Å²) in [6.45, 7) is 1.56. The van der Waals surface area contributed by atoms with Crippen molar-refractivity contribution >= 4 is 62.3 Å². The van der Waals surface area contributed by atoms with Gasteiger partial charge in [-0.25, -0.2) is 4.98 Å². The van der Waals surface area contributed by atoms with E-state index in [1.54, 1.807) is 31.2 Å². The molecule has 1 N–H and O–H groups in total. The first-order valence-corrected chi connectivity index (χ1v) is 9.29. The first-order valence-electron chi connectivity index (χ1n) is 7.11. The van der Waals surface area contributed by atoms with E-state index in [4.69, 9.17) is 11.6 Å². The van der Waals surface area contributed by atoms with Gasteiger partial charge in [-0.05, 0) is 43.3 Å². The molecule has 1 heterocycles. The van der Waals surface area contributed by atoms with Crippen molar-refractivity contribution in [2.45, 2.75) is 11.3 Å². The summed E-state index contributed by atoms with van der Waals surface area (Å²) in [5.41, 5.74) is 2.05. The van der Waals surface area contributed by atoms with E-state index >= 15 is 0 Å². The molecule has 24 heavy (non-hydrogen) atoms. The number of hydrogen-bond acceptors (Lipinski definition) is 5. The Morgan fingerprint density at radius 2 is 2.08 bits per heavy atom. The van der Waals surface area contributed by atoms with E-state index in [2.05, 4.69) is 10.3 Å². The first kappa shape index (κ1) is 17.0. The van der Waals surface area contributed by atoms with Crippen molar-refractivity contribution in [3.63, 3.8) is 0 Å². The Morgan fingerprint density at radius 3 is 2.83 bits per heavy atom. The van der Waals surface area contributed by atoms with Gasteiger partial charge in [0.25, 0.3) is 5.91 Å². The van der Waals surface area contributed by atoms with Gasteiger partial charge >= 0.3 is 0 Å². The van der Waals surface area contributed by atoms with Gasteiger partial charge in [0.05, 0.1) is 16.0 Å². The molecule has 0 saturated heterocycles. The molecule has 0 atom stereocenters. The number of nitrogens with one attached hydrogen (secondary N) is 1. The zero-order chi connectivity index (χ0) is 17.1. The lowest BCUT2D eigenvalue weighted by molar-refractivity contribution is -0.114. The van der Waals surface area contributed by atoms with Gasteiger partial charge in [-0.1, -0.05) is 29.4 Å². The number of carbonyl (C=O) groups excluding carboxylic acids is 2. The van der Waals surface area contributed by atoms with Crippen molar-refractivity contribution in [2.75, 3.05) is 11.1 Å². The smallest absolute Gasteiger partial charge is 0.255 e. The Hall–Kier alpha value is -1.89. The highest BCUT2D eigenvalue weighted by atomic mass is 35.5. The highest BCUT2D eigenvalue weighted by Gasteiger charge is 2.09. The van der Waals surface area contributed by atoms with E-state index in [1.807, 2.05) is 18.2 Å². The summed E-state index contributed by atoms with van der Waals surface area (Å²) in [5, 5.41) is 3.38. The number of rotatable bonds is 5. The van der Waals surface area contributed by atoms with E-state index < -0.39 is 0 Å². The van der Waals surface area contributed by atoms with Gasteiger partial charge < -0.3 is 5.32 Å². The van der Waals surface area contributed by atoms with Gasteiger partial charge in [0.2, 0.25) is 0 Å². The molecule has 0 aliphatic rings. The Balaban J connectivity index is 1.77. The second-order valence-corrected chi connectivity index (χ2v) is 7.81. The molecule has 0 saturated carbocycles. The summed E-state index contributed by atoms with van der Waals surface area (Å²) in [6.07, 6.45) is 0. The molecule has 0 radical (unpaired) electrons. The van der Waals surface area contributed by atoms with E-state index in [0.29, 0.717) is 22.0 Å². The lowest BCUT2D eigenvalue weighted by atomic mass is 10.2. The van der Waals surface area contributed by atoms with E-state index in [-0.39, 0.29) is 11.7 Å². The molecular weight excluding hydrogens is 364 g/mol. The Bertz CT molecular complexity index is 924. The number of aromatic nitrogens is 1. The van der Waals surface area contributed by atoms with Crippen LogP contribution in [0.3, 0.4) is 0 Å². The average molecular weight is 377 g/mol. The van der Waals surface area contributed by atoms with Crippen LogP contribution in [0.2, 0.25) is 5.02 Å². The van der Waals surface area contributed by atoms with Crippen LogP contribution in [-0.2, 0) is 4.79 Å². The third-order valence-electron chi connectivity index (χ3n) is 3.11. The minimum absolute atomic E-state index is 0.119. The zero-order valence-corrected chi connectivity index (χ0v) is 15.1. The fourth-order valence-corrected chi connectivity index (χ4v) is 4.14. The molecule has 0 bridgehead atoms. The third-order valence-corrected chi connectivity index (χ3v) is 5.65. The molecule has 122 valence electrons. The fraction of sp³-hybridized carbons (Fsp3) is 0.118. The van der Waals surface area contributed by atoms with Gasteiger partial charge in [0.1, 0.15) is 5.78 Å². The molecule has 0 fully saturated rings. The number of hydrogen-bond donors (Lipinski definition) is 1. The van der Waals surface area contributed by atoms with Crippen molar-refractivity contribution in [1.29, 1.82) is 0 Å². The largest absolute Gasteiger partial charge is 0.322 e. The number of benzene rings is 2. The average Bonchev–Trinajstić information content (AvgIpc) is 2.95. The maximum Gasteiger partial charge on any atom is 0.255 e. The van der Waals surface area contributed by atoms with Crippen molar-refractivity contribution in [3.8, 4) is 0 Å². The highest BCUT2D eigenvalue weighted by molar-refractivity contribution is 8.01. The monoisotopic (exact) mass is 376 g/mol. The van der Waals surface area contributed by atoms with Gasteiger partial charge in [0, 0.05) is 16.3 Å². The number of amides is 1. The Labute approximate surface area is 152 Å². The minimum atomic E-state index is -0.215. The second-order valence-electron chi connectivity index (χ2n) is 5.12. The number of halogens is 1. The Kier molecular flexibility index (Phi) is 5.18. The van der Waals surface area contributed by atoms with Gasteiger partial charge in [0.15, 0.2) is 4.34 Å². The van der Waals surface area contributed by atoms with Crippen molar-refractivity contribution in [1.82, 2.24) is 4.98 Å². The summed E-state index contributed by atoms with van der Waals surface area (Å²) < 4.78 is 1.81. The SMILES string of the molecule is CC(=O)CSc1nc2ccc(NC(=O)c3cccc(Cl)c3)cc2s1. The van der Waals surface area contributed by atoms with Gasteiger partial charge in [-0.2, -0.15) is 0 Å². The Morgan fingerprint density at radius 1 is 1.25 bits per heavy atom. The lowest BCUT2D eigenvalue weighted by Crippen LogP contribution is -2.11. The summed E-state index contributed by atoms with van der Waals surface area (Å²) in [4.78, 5) is 27.8. The normalized spacial score (nSPS) is 10.8. The quantitative estimate of drug-likeness (QED) is 0.644. The van der Waals surface area contributed by atoms with E-state index in [1.165, 1.54) is 23.1 Å². The molecule has 0 aliphatic heterocycles. The number of Topliss-reactive ketones (excluding diaryl/α,β-unsaturated/α-hetero) is 1. The van der Waals surface area contributed by atoms with Crippen molar-refractivity contribution in [2.24, 2.45) is 0 Å².